The SMILES string of the molecule is CC(C)c1ccc(/C=C/C(=O)NC2CCN(C(=O)c3ccoc3)CC2)cc1. The van der Waals surface area contributed by atoms with Gasteiger partial charge in [0.1, 0.15) is 6.26 Å². The molecule has 1 N–H and O–H groups in total. The summed E-state index contributed by atoms with van der Waals surface area (Å²) in [6.45, 7) is 5.59. The molecule has 142 valence electrons. The fourth-order valence-electron chi connectivity index (χ4n) is 3.21. The van der Waals surface area contributed by atoms with Crippen molar-refractivity contribution in [2.24, 2.45) is 0 Å². The minimum atomic E-state index is -0.0949. The summed E-state index contributed by atoms with van der Waals surface area (Å²) in [5, 5.41) is 3.03. The van der Waals surface area contributed by atoms with Gasteiger partial charge in [-0.2, -0.15) is 0 Å². The van der Waals surface area contributed by atoms with E-state index >= 15 is 0 Å². The Hall–Kier alpha value is -2.82. The maximum atomic E-state index is 12.3. The second-order valence-electron chi connectivity index (χ2n) is 7.24. The quantitative estimate of drug-likeness (QED) is 0.818. The van der Waals surface area contributed by atoms with Gasteiger partial charge in [-0.15, -0.1) is 0 Å². The van der Waals surface area contributed by atoms with Crippen molar-refractivity contribution >= 4 is 17.9 Å². The molecular weight excluding hydrogens is 340 g/mol. The molecule has 0 aliphatic carbocycles. The highest BCUT2D eigenvalue weighted by Gasteiger charge is 2.24. The average molecular weight is 366 g/mol. The van der Waals surface area contributed by atoms with Crippen LogP contribution in [0.2, 0.25) is 0 Å². The van der Waals surface area contributed by atoms with Gasteiger partial charge in [0.2, 0.25) is 5.91 Å². The first-order valence-electron chi connectivity index (χ1n) is 9.43. The number of hydrogen-bond donors (Lipinski definition) is 1. The topological polar surface area (TPSA) is 62.6 Å². The molecule has 0 saturated carbocycles. The molecule has 2 amide bonds. The number of amides is 2. The van der Waals surface area contributed by atoms with Gasteiger partial charge in [0, 0.05) is 25.2 Å². The van der Waals surface area contributed by atoms with Crippen molar-refractivity contribution in [2.45, 2.75) is 38.6 Å². The third-order valence-electron chi connectivity index (χ3n) is 4.93. The normalized spacial score (nSPS) is 15.4. The van der Waals surface area contributed by atoms with E-state index in [-0.39, 0.29) is 17.9 Å². The molecule has 5 heteroatoms. The number of carbonyl (C=O) groups excluding carboxylic acids is 2. The van der Waals surface area contributed by atoms with Crippen molar-refractivity contribution in [3.05, 3.63) is 65.6 Å². The largest absolute Gasteiger partial charge is 0.472 e. The lowest BCUT2D eigenvalue weighted by molar-refractivity contribution is -0.117. The van der Waals surface area contributed by atoms with Gasteiger partial charge in [-0.25, -0.2) is 0 Å². The minimum Gasteiger partial charge on any atom is -0.472 e. The van der Waals surface area contributed by atoms with Crippen LogP contribution < -0.4 is 5.32 Å². The van der Waals surface area contributed by atoms with Crippen LogP contribution in [0.25, 0.3) is 6.08 Å². The number of nitrogens with zero attached hydrogens (tertiary/aromatic N) is 1. The Morgan fingerprint density at radius 3 is 2.44 bits per heavy atom. The van der Waals surface area contributed by atoms with Crippen molar-refractivity contribution in [1.29, 1.82) is 0 Å². The highest BCUT2D eigenvalue weighted by Crippen LogP contribution is 2.16. The van der Waals surface area contributed by atoms with Gasteiger partial charge in [0.15, 0.2) is 0 Å². The highest BCUT2D eigenvalue weighted by atomic mass is 16.3. The van der Waals surface area contributed by atoms with E-state index < -0.39 is 0 Å². The molecule has 1 aromatic heterocycles. The summed E-state index contributed by atoms with van der Waals surface area (Å²) in [6.07, 6.45) is 7.89. The zero-order valence-electron chi connectivity index (χ0n) is 15.9. The molecule has 27 heavy (non-hydrogen) atoms. The molecule has 0 bridgehead atoms. The Bertz CT molecular complexity index is 783. The van der Waals surface area contributed by atoms with Gasteiger partial charge < -0.3 is 14.6 Å². The maximum absolute atomic E-state index is 12.3. The van der Waals surface area contributed by atoms with E-state index in [1.54, 1.807) is 17.0 Å². The van der Waals surface area contributed by atoms with Crippen LogP contribution in [-0.4, -0.2) is 35.8 Å². The second kappa shape index (κ2) is 8.71. The van der Waals surface area contributed by atoms with E-state index in [0.717, 1.165) is 18.4 Å². The molecule has 0 unspecified atom stereocenters. The molecule has 0 radical (unpaired) electrons. The zero-order valence-corrected chi connectivity index (χ0v) is 15.9. The van der Waals surface area contributed by atoms with Gasteiger partial charge in [-0.1, -0.05) is 38.1 Å². The zero-order chi connectivity index (χ0) is 19.2. The predicted octanol–water partition coefficient (Wildman–Crippen LogP) is 3.84. The molecule has 1 aromatic carbocycles. The number of hydrogen-bond acceptors (Lipinski definition) is 3. The molecule has 0 atom stereocenters. The smallest absolute Gasteiger partial charge is 0.257 e. The Balaban J connectivity index is 1.46. The molecule has 0 spiro atoms. The predicted molar refractivity (Wildman–Crippen MR) is 105 cm³/mol. The second-order valence-corrected chi connectivity index (χ2v) is 7.24. The Labute approximate surface area is 160 Å². The third-order valence-corrected chi connectivity index (χ3v) is 4.93. The first kappa shape index (κ1) is 19.0. The molecule has 1 aliphatic heterocycles. The maximum Gasteiger partial charge on any atom is 0.257 e. The number of carbonyl (C=O) groups is 2. The fraction of sp³-hybridized carbons (Fsp3) is 0.364. The van der Waals surface area contributed by atoms with Crippen molar-refractivity contribution in [3.8, 4) is 0 Å². The standard InChI is InChI=1S/C22H26N2O3/c1-16(2)18-6-3-17(4-7-18)5-8-21(25)23-20-9-12-24(13-10-20)22(26)19-11-14-27-15-19/h3-8,11,14-16,20H,9-10,12-13H2,1-2H3,(H,23,25)/b8-5+. The third kappa shape index (κ3) is 5.09. The summed E-state index contributed by atoms with van der Waals surface area (Å²) in [6, 6.07) is 10.0. The van der Waals surface area contributed by atoms with Crippen LogP contribution in [0, 0.1) is 0 Å². The minimum absolute atomic E-state index is 0.0155. The Morgan fingerprint density at radius 2 is 1.85 bits per heavy atom. The molecule has 3 rings (SSSR count). The van der Waals surface area contributed by atoms with Crippen LogP contribution in [0.1, 0.15) is 54.1 Å². The van der Waals surface area contributed by atoms with E-state index in [1.165, 1.54) is 18.1 Å². The van der Waals surface area contributed by atoms with Crippen LogP contribution in [0.5, 0.6) is 0 Å². The summed E-state index contributed by atoms with van der Waals surface area (Å²) in [5.74, 6) is 0.387. The average Bonchev–Trinajstić information content (AvgIpc) is 3.21. The molecule has 1 aliphatic rings. The number of likely N-dealkylation sites (tertiary alicyclic amines) is 1. The number of piperidine rings is 1. The van der Waals surface area contributed by atoms with Gasteiger partial charge in [-0.05, 0) is 42.0 Å². The molecule has 5 nitrogen and oxygen atoms in total. The first-order chi connectivity index (χ1) is 13.0. The molecule has 2 aromatic rings. The molecule has 1 saturated heterocycles. The molecule has 1 fully saturated rings. The van der Waals surface area contributed by atoms with Gasteiger partial charge in [-0.3, -0.25) is 9.59 Å². The van der Waals surface area contributed by atoms with Crippen molar-refractivity contribution in [1.82, 2.24) is 10.2 Å². The van der Waals surface area contributed by atoms with Crippen LogP contribution in [0.4, 0.5) is 0 Å². The number of benzene rings is 1. The molecule has 2 heterocycles. The number of nitrogens with one attached hydrogen (secondary N) is 1. The van der Waals surface area contributed by atoms with Crippen LogP contribution >= 0.6 is 0 Å². The number of furan rings is 1. The van der Waals surface area contributed by atoms with Gasteiger partial charge in [0.05, 0.1) is 11.8 Å². The van der Waals surface area contributed by atoms with Crippen LogP contribution in [0.15, 0.2) is 53.4 Å². The lowest BCUT2D eigenvalue weighted by atomic mass is 10.0. The summed E-state index contributed by atoms with van der Waals surface area (Å²) >= 11 is 0. The van der Waals surface area contributed by atoms with Crippen molar-refractivity contribution in [3.63, 3.8) is 0 Å². The first-order valence-corrected chi connectivity index (χ1v) is 9.43. The van der Waals surface area contributed by atoms with Gasteiger partial charge >= 0.3 is 0 Å². The van der Waals surface area contributed by atoms with E-state index in [2.05, 4.69) is 31.3 Å². The highest BCUT2D eigenvalue weighted by molar-refractivity contribution is 5.94. The lowest BCUT2D eigenvalue weighted by Crippen LogP contribution is -2.46. The summed E-state index contributed by atoms with van der Waals surface area (Å²) in [5.41, 5.74) is 2.87. The van der Waals surface area contributed by atoms with E-state index in [9.17, 15) is 9.59 Å². The summed E-state index contributed by atoms with van der Waals surface area (Å²) < 4.78 is 4.97. The summed E-state index contributed by atoms with van der Waals surface area (Å²) in [4.78, 5) is 26.3. The summed E-state index contributed by atoms with van der Waals surface area (Å²) in [7, 11) is 0. The van der Waals surface area contributed by atoms with E-state index in [0.29, 0.717) is 24.6 Å². The van der Waals surface area contributed by atoms with E-state index in [1.807, 2.05) is 18.2 Å². The van der Waals surface area contributed by atoms with Crippen molar-refractivity contribution < 1.29 is 14.0 Å². The van der Waals surface area contributed by atoms with Crippen LogP contribution in [0.3, 0.4) is 0 Å². The fourth-order valence-corrected chi connectivity index (χ4v) is 3.21. The van der Waals surface area contributed by atoms with E-state index in [4.69, 9.17) is 4.42 Å². The monoisotopic (exact) mass is 366 g/mol. The van der Waals surface area contributed by atoms with Crippen LogP contribution in [-0.2, 0) is 4.79 Å². The van der Waals surface area contributed by atoms with Gasteiger partial charge in [0.25, 0.3) is 5.91 Å². The molecular formula is C22H26N2O3. The van der Waals surface area contributed by atoms with Crippen molar-refractivity contribution in [2.75, 3.05) is 13.1 Å². The number of rotatable bonds is 5. The lowest BCUT2D eigenvalue weighted by Gasteiger charge is -2.32. The Morgan fingerprint density at radius 1 is 1.15 bits per heavy atom. The Kier molecular flexibility index (Phi) is 6.12.